The van der Waals surface area contributed by atoms with Gasteiger partial charge in [0, 0.05) is 12.7 Å². The summed E-state index contributed by atoms with van der Waals surface area (Å²) in [5.74, 6) is -1.47. The van der Waals surface area contributed by atoms with Gasteiger partial charge in [-0.2, -0.15) is 18.3 Å². The molecule has 0 bridgehead atoms. The predicted molar refractivity (Wildman–Crippen MR) is 136 cm³/mol. The van der Waals surface area contributed by atoms with Crippen LogP contribution in [0.3, 0.4) is 0 Å². The van der Waals surface area contributed by atoms with Crippen molar-refractivity contribution in [1.29, 1.82) is 0 Å². The number of aromatic nitrogens is 2. The van der Waals surface area contributed by atoms with E-state index in [1.54, 1.807) is 6.92 Å². The molecule has 1 aromatic carbocycles. The van der Waals surface area contributed by atoms with Gasteiger partial charge in [0.05, 0.1) is 30.8 Å². The van der Waals surface area contributed by atoms with Gasteiger partial charge in [0.25, 0.3) is 10.0 Å². The minimum atomic E-state index is -4.78. The Hall–Kier alpha value is -3.33. The molecule has 0 saturated carbocycles. The van der Waals surface area contributed by atoms with Crippen LogP contribution in [0.15, 0.2) is 34.4 Å². The van der Waals surface area contributed by atoms with E-state index in [9.17, 15) is 31.2 Å². The van der Waals surface area contributed by atoms with Crippen LogP contribution in [0.2, 0.25) is 5.15 Å². The Morgan fingerprint density at radius 2 is 2.00 bits per heavy atom. The highest BCUT2D eigenvalue weighted by Crippen LogP contribution is 2.40. The van der Waals surface area contributed by atoms with E-state index in [1.165, 1.54) is 29.1 Å². The van der Waals surface area contributed by atoms with Crippen molar-refractivity contribution in [3.05, 3.63) is 35.1 Å². The van der Waals surface area contributed by atoms with E-state index in [2.05, 4.69) is 19.8 Å². The Balaban J connectivity index is 1.64. The number of benzene rings is 1. The number of carbonyl (C=O) groups excluding carboxylic acids is 2. The fraction of sp³-hybridized carbons (Fsp3) is 0.500. The van der Waals surface area contributed by atoms with Crippen LogP contribution in [-0.4, -0.2) is 60.3 Å². The van der Waals surface area contributed by atoms with E-state index in [1.807, 2.05) is 0 Å². The predicted octanol–water partition coefficient (Wildman–Crippen LogP) is 4.02. The summed E-state index contributed by atoms with van der Waals surface area (Å²) in [5, 5.41) is 7.46. The van der Waals surface area contributed by atoms with Crippen molar-refractivity contribution in [2.24, 2.45) is 5.16 Å². The van der Waals surface area contributed by atoms with Crippen LogP contribution in [-0.2, 0) is 42.2 Å². The van der Waals surface area contributed by atoms with E-state index in [-0.39, 0.29) is 40.0 Å². The maximum atomic E-state index is 13.8. The first kappa shape index (κ1) is 29.6. The molecule has 0 aliphatic carbocycles. The molecule has 2 aliphatic rings. The molecule has 4 rings (SSSR count). The van der Waals surface area contributed by atoms with Crippen LogP contribution < -0.4 is 9.04 Å². The van der Waals surface area contributed by atoms with E-state index >= 15 is 0 Å². The molecule has 0 fully saturated rings. The number of sulfonamides is 1. The van der Waals surface area contributed by atoms with Gasteiger partial charge in [0.15, 0.2) is 5.15 Å². The van der Waals surface area contributed by atoms with Gasteiger partial charge in [-0.25, -0.2) is 13.2 Å². The number of oxime groups is 1. The summed E-state index contributed by atoms with van der Waals surface area (Å²) in [6, 6.07) is 4.21. The summed E-state index contributed by atoms with van der Waals surface area (Å²) in [4.78, 5) is 28.0. The molecule has 0 radical (unpaired) electrons. The number of rotatable bonds is 9. The Morgan fingerprint density at radius 3 is 2.60 bits per heavy atom. The normalized spacial score (nSPS) is 17.7. The van der Waals surface area contributed by atoms with Crippen LogP contribution in [0.1, 0.15) is 45.6 Å². The first-order valence-corrected chi connectivity index (χ1v) is 14.0. The summed E-state index contributed by atoms with van der Waals surface area (Å²) in [5.41, 5.74) is -1.94. The Bertz CT molecular complexity index is 1460. The van der Waals surface area contributed by atoms with E-state index in [0.717, 1.165) is 18.2 Å². The zero-order valence-corrected chi connectivity index (χ0v) is 23.3. The average Bonchev–Trinajstić information content (AvgIpc) is 3.46. The second-order valence-electron chi connectivity index (χ2n) is 9.71. The summed E-state index contributed by atoms with van der Waals surface area (Å²) < 4.78 is 80.2. The lowest BCUT2D eigenvalue weighted by atomic mass is 10.1. The van der Waals surface area contributed by atoms with Crippen molar-refractivity contribution >= 4 is 45.0 Å². The van der Waals surface area contributed by atoms with Crippen molar-refractivity contribution in [1.82, 2.24) is 9.78 Å². The average molecular weight is 607 g/mol. The monoisotopic (exact) mass is 606 g/mol. The highest BCUT2D eigenvalue weighted by Gasteiger charge is 2.50. The first-order chi connectivity index (χ1) is 18.6. The molecule has 218 valence electrons. The molecule has 11 nitrogen and oxygen atoms in total. The molecule has 2 aromatic rings. The molecule has 0 N–H and O–H groups in total. The van der Waals surface area contributed by atoms with Gasteiger partial charge in [-0.3, -0.25) is 13.8 Å². The molecule has 2 aliphatic heterocycles. The van der Waals surface area contributed by atoms with Gasteiger partial charge in [-0.1, -0.05) is 22.8 Å². The minimum absolute atomic E-state index is 0.0295. The fourth-order valence-corrected chi connectivity index (χ4v) is 5.98. The number of aryl methyl sites for hydroxylation is 1. The Kier molecular flexibility index (Phi) is 8.09. The third-order valence-electron chi connectivity index (χ3n) is 6.31. The zero-order chi connectivity index (χ0) is 29.5. The third kappa shape index (κ3) is 6.19. The van der Waals surface area contributed by atoms with Gasteiger partial charge in [0.1, 0.15) is 16.7 Å². The van der Waals surface area contributed by atoms with Crippen LogP contribution in [0.25, 0.3) is 0 Å². The molecule has 0 amide bonds. The lowest BCUT2D eigenvalue weighted by Gasteiger charge is -2.35. The molecule has 1 atom stereocenters. The standard InChI is InChI=1S/C24H26ClF3N4O7S/c1-4-31-13-19(22(25)29-31)40(35,36)32-12-16(7-6-15-11-21(34)39-30-15)37-18-8-5-14(9-17(18)32)10-20(33)38-23(2,3)24(26,27)28/h5,8-9,13,16H,4,6-7,10-12H2,1-3H3/t16-/m0/s1. The highest BCUT2D eigenvalue weighted by atomic mass is 35.5. The molecule has 1 aromatic heterocycles. The van der Waals surface area contributed by atoms with Gasteiger partial charge in [-0.05, 0) is 51.3 Å². The number of alkyl halides is 3. The van der Waals surface area contributed by atoms with Gasteiger partial charge < -0.3 is 14.3 Å². The summed E-state index contributed by atoms with van der Waals surface area (Å²) in [6.07, 6.45) is -4.06. The molecular formula is C24H26ClF3N4O7S. The Morgan fingerprint density at radius 1 is 1.27 bits per heavy atom. The van der Waals surface area contributed by atoms with Crippen molar-refractivity contribution in [3.63, 3.8) is 0 Å². The molecular weight excluding hydrogens is 581 g/mol. The van der Waals surface area contributed by atoms with E-state index < -0.39 is 46.3 Å². The SMILES string of the molecule is CCn1cc(S(=O)(=O)N2C[C@H](CCC3=NOC(=O)C3)Oc3ccc(CC(=O)OC(C)(C)C(F)(F)F)cc32)c(Cl)n1. The second-order valence-corrected chi connectivity index (χ2v) is 11.9. The zero-order valence-electron chi connectivity index (χ0n) is 21.7. The molecule has 0 unspecified atom stereocenters. The van der Waals surface area contributed by atoms with Gasteiger partial charge >= 0.3 is 18.1 Å². The van der Waals surface area contributed by atoms with E-state index in [4.69, 9.17) is 16.3 Å². The van der Waals surface area contributed by atoms with Crippen LogP contribution in [0.5, 0.6) is 5.75 Å². The van der Waals surface area contributed by atoms with Crippen molar-refractivity contribution in [2.75, 3.05) is 10.8 Å². The smallest absolute Gasteiger partial charge is 0.427 e. The highest BCUT2D eigenvalue weighted by molar-refractivity contribution is 7.93. The Labute approximate surface area is 232 Å². The second kappa shape index (κ2) is 10.9. The summed E-state index contributed by atoms with van der Waals surface area (Å²) in [6.45, 7) is 3.42. The number of esters is 1. The maximum absolute atomic E-state index is 13.8. The van der Waals surface area contributed by atoms with Gasteiger partial charge in [0.2, 0.25) is 5.60 Å². The van der Waals surface area contributed by atoms with Gasteiger partial charge in [-0.15, -0.1) is 0 Å². The summed E-state index contributed by atoms with van der Waals surface area (Å²) in [7, 11) is -4.30. The number of halogens is 4. The number of anilines is 1. The molecule has 0 saturated heterocycles. The number of hydrogen-bond donors (Lipinski definition) is 0. The molecule has 16 heteroatoms. The molecule has 3 heterocycles. The van der Waals surface area contributed by atoms with Crippen molar-refractivity contribution in [3.8, 4) is 5.75 Å². The number of hydrogen-bond acceptors (Lipinski definition) is 9. The first-order valence-electron chi connectivity index (χ1n) is 12.2. The summed E-state index contributed by atoms with van der Waals surface area (Å²) >= 11 is 6.17. The number of carbonyl (C=O) groups is 2. The van der Waals surface area contributed by atoms with E-state index in [0.29, 0.717) is 25.1 Å². The minimum Gasteiger partial charge on any atom is -0.486 e. The topological polar surface area (TPSA) is 129 Å². The van der Waals surface area contributed by atoms with Crippen molar-refractivity contribution < 1.29 is 45.5 Å². The third-order valence-corrected chi connectivity index (χ3v) is 8.48. The number of fused-ring (bicyclic) bond motifs is 1. The van der Waals surface area contributed by atoms with Crippen LogP contribution in [0, 0.1) is 0 Å². The lowest BCUT2D eigenvalue weighted by molar-refractivity contribution is -0.257. The number of nitrogens with zero attached hydrogens (tertiary/aromatic N) is 4. The number of ether oxygens (including phenoxy) is 2. The van der Waals surface area contributed by atoms with Crippen LogP contribution in [0.4, 0.5) is 18.9 Å². The van der Waals surface area contributed by atoms with Crippen molar-refractivity contribution in [2.45, 2.75) is 75.8 Å². The molecule has 40 heavy (non-hydrogen) atoms. The largest absolute Gasteiger partial charge is 0.486 e. The van der Waals surface area contributed by atoms with Crippen LogP contribution >= 0.6 is 11.6 Å². The molecule has 0 spiro atoms. The fourth-order valence-electron chi connectivity index (χ4n) is 4.03. The lowest BCUT2D eigenvalue weighted by Crippen LogP contribution is -2.44. The maximum Gasteiger partial charge on any atom is 0.427 e. The quantitative estimate of drug-likeness (QED) is 0.309.